The third kappa shape index (κ3) is 5.25. The molecule has 8 heteroatoms. The molecule has 0 N–H and O–H groups in total. The van der Waals surface area contributed by atoms with E-state index in [1.54, 1.807) is 4.90 Å². The van der Waals surface area contributed by atoms with Crippen molar-refractivity contribution in [2.45, 2.75) is 25.5 Å². The minimum Gasteiger partial charge on any atom is -0.378 e. The van der Waals surface area contributed by atoms with E-state index in [1.165, 1.54) is 18.2 Å². The van der Waals surface area contributed by atoms with Crippen LogP contribution in [-0.4, -0.2) is 49.1 Å². The van der Waals surface area contributed by atoms with Crippen LogP contribution in [0.15, 0.2) is 42.5 Å². The SMILES string of the molecule is CN(C)c1ccc(CN(CC2CCCO2)C(=O)c2ccc(Cl)c([N+](=O)[O-])c2)cc1. The number of hydrogen-bond donors (Lipinski definition) is 0. The zero-order valence-corrected chi connectivity index (χ0v) is 17.3. The molecule has 29 heavy (non-hydrogen) atoms. The Hall–Kier alpha value is -2.64. The number of amides is 1. The van der Waals surface area contributed by atoms with Gasteiger partial charge in [-0.15, -0.1) is 0 Å². The molecule has 0 saturated carbocycles. The van der Waals surface area contributed by atoms with Crippen LogP contribution in [0.3, 0.4) is 0 Å². The molecule has 2 aromatic rings. The highest BCUT2D eigenvalue weighted by molar-refractivity contribution is 6.32. The number of anilines is 1. The number of ether oxygens (including phenoxy) is 1. The Labute approximate surface area is 175 Å². The van der Waals surface area contributed by atoms with Gasteiger partial charge in [-0.3, -0.25) is 14.9 Å². The van der Waals surface area contributed by atoms with Crippen molar-refractivity contribution in [3.8, 4) is 0 Å². The standard InChI is InChI=1S/C21H24ClN3O4/c1-23(2)17-8-5-15(6-9-17)13-24(14-18-4-3-11-29-18)21(26)16-7-10-19(22)20(12-16)25(27)28/h5-10,12,18H,3-4,11,13-14H2,1-2H3. The fourth-order valence-corrected chi connectivity index (χ4v) is 3.53. The highest BCUT2D eigenvalue weighted by Gasteiger charge is 2.25. The summed E-state index contributed by atoms with van der Waals surface area (Å²) in [7, 11) is 3.94. The third-order valence-electron chi connectivity index (χ3n) is 4.95. The molecule has 0 aromatic heterocycles. The zero-order chi connectivity index (χ0) is 21.0. The summed E-state index contributed by atoms with van der Waals surface area (Å²) in [5, 5.41) is 11.2. The van der Waals surface area contributed by atoms with E-state index in [-0.39, 0.29) is 28.3 Å². The summed E-state index contributed by atoms with van der Waals surface area (Å²) in [5.41, 5.74) is 2.01. The fourth-order valence-electron chi connectivity index (χ4n) is 3.34. The molecule has 1 atom stereocenters. The van der Waals surface area contributed by atoms with Gasteiger partial charge in [-0.2, -0.15) is 0 Å². The third-order valence-corrected chi connectivity index (χ3v) is 5.27. The van der Waals surface area contributed by atoms with Crippen molar-refractivity contribution in [3.63, 3.8) is 0 Å². The van der Waals surface area contributed by atoms with Crippen LogP contribution in [0.5, 0.6) is 0 Å². The molecule has 154 valence electrons. The summed E-state index contributed by atoms with van der Waals surface area (Å²) < 4.78 is 5.71. The number of carbonyl (C=O) groups excluding carboxylic acids is 1. The smallest absolute Gasteiger partial charge is 0.288 e. The first kappa shape index (κ1) is 21.1. The quantitative estimate of drug-likeness (QED) is 0.500. The minimum atomic E-state index is -0.580. The Kier molecular flexibility index (Phi) is 6.71. The average molecular weight is 418 g/mol. The van der Waals surface area contributed by atoms with E-state index in [0.717, 1.165) is 24.1 Å². The first-order valence-electron chi connectivity index (χ1n) is 9.46. The Bertz CT molecular complexity index is 880. The zero-order valence-electron chi connectivity index (χ0n) is 16.5. The van der Waals surface area contributed by atoms with Crippen molar-refractivity contribution in [1.29, 1.82) is 0 Å². The van der Waals surface area contributed by atoms with E-state index < -0.39 is 4.92 Å². The second-order valence-electron chi connectivity index (χ2n) is 7.30. The monoisotopic (exact) mass is 417 g/mol. The Balaban J connectivity index is 1.85. The highest BCUT2D eigenvalue weighted by Crippen LogP contribution is 2.26. The van der Waals surface area contributed by atoms with Crippen LogP contribution >= 0.6 is 11.6 Å². The van der Waals surface area contributed by atoms with E-state index in [4.69, 9.17) is 16.3 Å². The van der Waals surface area contributed by atoms with Gasteiger partial charge in [0.15, 0.2) is 0 Å². The maximum Gasteiger partial charge on any atom is 0.288 e. The van der Waals surface area contributed by atoms with Crippen molar-refractivity contribution in [2.75, 3.05) is 32.1 Å². The molecule has 3 rings (SSSR count). The van der Waals surface area contributed by atoms with Crippen molar-refractivity contribution >= 4 is 28.9 Å². The summed E-state index contributed by atoms with van der Waals surface area (Å²) in [6.07, 6.45) is 1.84. The Morgan fingerprint density at radius 2 is 1.97 bits per heavy atom. The molecule has 1 aliphatic rings. The number of benzene rings is 2. The van der Waals surface area contributed by atoms with Crippen LogP contribution in [0, 0.1) is 10.1 Å². The molecular formula is C21H24ClN3O4. The van der Waals surface area contributed by atoms with Gasteiger partial charge < -0.3 is 14.5 Å². The minimum absolute atomic E-state index is 0.0106. The van der Waals surface area contributed by atoms with Crippen LogP contribution in [-0.2, 0) is 11.3 Å². The molecule has 0 aliphatic carbocycles. The van der Waals surface area contributed by atoms with Gasteiger partial charge in [0, 0.05) is 51.1 Å². The van der Waals surface area contributed by atoms with Crippen LogP contribution < -0.4 is 4.90 Å². The lowest BCUT2D eigenvalue weighted by Crippen LogP contribution is -2.37. The van der Waals surface area contributed by atoms with E-state index >= 15 is 0 Å². The molecule has 0 radical (unpaired) electrons. The lowest BCUT2D eigenvalue weighted by Gasteiger charge is -2.26. The molecule has 7 nitrogen and oxygen atoms in total. The molecule has 1 heterocycles. The average Bonchev–Trinajstić information content (AvgIpc) is 3.20. The van der Waals surface area contributed by atoms with E-state index in [9.17, 15) is 14.9 Å². The molecule has 1 unspecified atom stereocenters. The fraction of sp³-hybridized carbons (Fsp3) is 0.381. The molecule has 1 aliphatic heterocycles. The number of rotatable bonds is 7. The molecule has 1 fully saturated rings. The summed E-state index contributed by atoms with van der Waals surface area (Å²) in [6.45, 7) is 1.52. The van der Waals surface area contributed by atoms with Crippen molar-refractivity contribution in [3.05, 3.63) is 68.7 Å². The lowest BCUT2D eigenvalue weighted by molar-refractivity contribution is -0.384. The van der Waals surface area contributed by atoms with Crippen LogP contribution in [0.4, 0.5) is 11.4 Å². The molecule has 2 aromatic carbocycles. The van der Waals surface area contributed by atoms with Gasteiger partial charge in [-0.05, 0) is 42.7 Å². The van der Waals surface area contributed by atoms with Crippen LogP contribution in [0.2, 0.25) is 5.02 Å². The Morgan fingerprint density at radius 3 is 2.55 bits per heavy atom. The number of nitro groups is 1. The van der Waals surface area contributed by atoms with Crippen molar-refractivity contribution < 1.29 is 14.5 Å². The predicted octanol–water partition coefficient (Wildman–Crippen LogP) is 4.14. The molecular weight excluding hydrogens is 394 g/mol. The topological polar surface area (TPSA) is 75.9 Å². The van der Waals surface area contributed by atoms with Gasteiger partial charge in [0.1, 0.15) is 5.02 Å². The number of hydrogen-bond acceptors (Lipinski definition) is 5. The van der Waals surface area contributed by atoms with Gasteiger partial charge in [0.05, 0.1) is 11.0 Å². The maximum atomic E-state index is 13.2. The van der Waals surface area contributed by atoms with Crippen molar-refractivity contribution in [1.82, 2.24) is 4.90 Å². The maximum absolute atomic E-state index is 13.2. The van der Waals surface area contributed by atoms with Crippen molar-refractivity contribution in [2.24, 2.45) is 0 Å². The number of halogens is 1. The summed E-state index contributed by atoms with van der Waals surface area (Å²) in [4.78, 5) is 27.5. The molecule has 0 spiro atoms. The van der Waals surface area contributed by atoms with Crippen LogP contribution in [0.25, 0.3) is 0 Å². The summed E-state index contributed by atoms with van der Waals surface area (Å²) in [6, 6.07) is 12.1. The normalized spacial score (nSPS) is 15.9. The van der Waals surface area contributed by atoms with E-state index in [1.807, 2.05) is 43.3 Å². The van der Waals surface area contributed by atoms with Gasteiger partial charge >= 0.3 is 0 Å². The largest absolute Gasteiger partial charge is 0.378 e. The Morgan fingerprint density at radius 1 is 1.24 bits per heavy atom. The molecule has 1 amide bonds. The number of nitro benzene ring substituents is 1. The number of nitrogens with zero attached hydrogens (tertiary/aromatic N) is 3. The van der Waals surface area contributed by atoms with Crippen LogP contribution in [0.1, 0.15) is 28.8 Å². The van der Waals surface area contributed by atoms with Gasteiger partial charge in [0.25, 0.3) is 11.6 Å². The second-order valence-corrected chi connectivity index (χ2v) is 7.71. The summed E-state index contributed by atoms with van der Waals surface area (Å²) >= 11 is 5.89. The highest BCUT2D eigenvalue weighted by atomic mass is 35.5. The van der Waals surface area contributed by atoms with E-state index in [2.05, 4.69) is 0 Å². The van der Waals surface area contributed by atoms with Gasteiger partial charge in [-0.1, -0.05) is 23.7 Å². The first-order chi connectivity index (χ1) is 13.8. The predicted molar refractivity (Wildman–Crippen MR) is 113 cm³/mol. The van der Waals surface area contributed by atoms with Gasteiger partial charge in [-0.25, -0.2) is 0 Å². The first-order valence-corrected chi connectivity index (χ1v) is 9.84. The van der Waals surface area contributed by atoms with E-state index in [0.29, 0.717) is 19.7 Å². The second kappa shape index (κ2) is 9.24. The number of carbonyl (C=O) groups is 1. The lowest BCUT2D eigenvalue weighted by atomic mass is 10.1. The van der Waals surface area contributed by atoms with Gasteiger partial charge in [0.2, 0.25) is 0 Å². The molecule has 0 bridgehead atoms. The molecule has 1 saturated heterocycles. The summed E-state index contributed by atoms with van der Waals surface area (Å²) in [5.74, 6) is -0.281.